The molecule has 35 heavy (non-hydrogen) atoms. The number of carbonyl (C=O) groups excluding carboxylic acids is 2. The molecule has 0 bridgehead atoms. The largest absolute Gasteiger partial charge is 0.469 e. The minimum absolute atomic E-state index is 0.104. The average Bonchev–Trinajstić information content (AvgIpc) is 3.14. The maximum atomic E-state index is 14.2. The first kappa shape index (κ1) is 27.1. The molecule has 0 amide bonds. The molecule has 0 aromatic heterocycles. The minimum atomic E-state index is -1.61. The summed E-state index contributed by atoms with van der Waals surface area (Å²) in [7, 11) is -0.126. The molecule has 4 fully saturated rings. The van der Waals surface area contributed by atoms with Crippen molar-refractivity contribution >= 4 is 20.1 Å². The second-order valence-corrected chi connectivity index (χ2v) is 18.3. The Morgan fingerprint density at radius 1 is 1.09 bits per heavy atom. The van der Waals surface area contributed by atoms with Crippen LogP contribution in [0.2, 0.25) is 19.6 Å². The molecule has 5 heteroatoms. The Hall–Kier alpha value is -0.943. The molecule has 4 aliphatic rings. The van der Waals surface area contributed by atoms with Gasteiger partial charge in [0.2, 0.25) is 0 Å². The lowest BCUT2D eigenvalue weighted by Gasteiger charge is -2.61. The van der Waals surface area contributed by atoms with Crippen LogP contribution in [0, 0.1) is 46.3 Å². The van der Waals surface area contributed by atoms with Crippen molar-refractivity contribution in [3.8, 4) is 0 Å². The number of fused-ring (bicyclic) bond motifs is 5. The highest BCUT2D eigenvalue weighted by Gasteiger charge is 2.64. The van der Waals surface area contributed by atoms with Crippen molar-refractivity contribution in [1.82, 2.24) is 0 Å². The third-order valence-electron chi connectivity index (χ3n) is 11.0. The van der Waals surface area contributed by atoms with E-state index in [9.17, 15) is 9.59 Å². The van der Waals surface area contributed by atoms with Crippen molar-refractivity contribution in [3.63, 3.8) is 0 Å². The number of hydrogen-bond donors (Lipinski definition) is 0. The summed E-state index contributed by atoms with van der Waals surface area (Å²) in [5.74, 6) is 2.93. The van der Waals surface area contributed by atoms with Gasteiger partial charge in [-0.1, -0.05) is 26.8 Å². The van der Waals surface area contributed by atoms with Crippen LogP contribution >= 0.6 is 0 Å². The number of esters is 1. The number of ether oxygens (including phenoxy) is 1. The lowest BCUT2D eigenvalue weighted by molar-refractivity contribution is -0.149. The maximum Gasteiger partial charge on any atom is 0.305 e. The fraction of sp³-hybridized carbons (Fsp3) is 0.867. The molecule has 0 aliphatic heterocycles. The third kappa shape index (κ3) is 4.74. The summed E-state index contributed by atoms with van der Waals surface area (Å²) in [4.78, 5) is 26.0. The van der Waals surface area contributed by atoms with E-state index < -0.39 is 8.32 Å². The first-order chi connectivity index (χ1) is 16.4. The van der Waals surface area contributed by atoms with Crippen molar-refractivity contribution in [1.29, 1.82) is 0 Å². The van der Waals surface area contributed by atoms with Crippen molar-refractivity contribution in [2.75, 3.05) is 7.11 Å². The lowest BCUT2D eigenvalue weighted by atomic mass is 9.43. The van der Waals surface area contributed by atoms with Gasteiger partial charge in [0, 0.05) is 18.4 Å². The number of allylic oxidation sites excluding steroid dienone is 2. The number of rotatable bonds is 6. The molecular formula is C30H50O4Si. The summed E-state index contributed by atoms with van der Waals surface area (Å²) >= 11 is 0. The van der Waals surface area contributed by atoms with E-state index in [2.05, 4.69) is 53.4 Å². The zero-order valence-corrected chi connectivity index (χ0v) is 24.6. The van der Waals surface area contributed by atoms with Crippen molar-refractivity contribution in [3.05, 3.63) is 11.6 Å². The molecule has 0 N–H and O–H groups in total. The Kier molecular flexibility index (Phi) is 7.54. The fourth-order valence-electron chi connectivity index (χ4n) is 9.41. The Bertz CT molecular complexity index is 859. The summed E-state index contributed by atoms with van der Waals surface area (Å²) in [6, 6.07) is 0. The first-order valence-corrected chi connectivity index (χ1v) is 17.7. The van der Waals surface area contributed by atoms with Gasteiger partial charge in [0.05, 0.1) is 7.11 Å². The summed E-state index contributed by atoms with van der Waals surface area (Å²) < 4.78 is 11.5. The normalized spacial score (nSPS) is 43.3. The van der Waals surface area contributed by atoms with Gasteiger partial charge >= 0.3 is 5.97 Å². The highest BCUT2D eigenvalue weighted by atomic mass is 28.4. The smallest absolute Gasteiger partial charge is 0.305 e. The summed E-state index contributed by atoms with van der Waals surface area (Å²) in [6.45, 7) is 16.3. The molecule has 4 rings (SSSR count). The van der Waals surface area contributed by atoms with Crippen LogP contribution in [0.3, 0.4) is 0 Å². The van der Waals surface area contributed by atoms with Crippen LogP contribution in [0.5, 0.6) is 0 Å². The van der Waals surface area contributed by atoms with Gasteiger partial charge in [-0.05, 0) is 124 Å². The molecule has 0 spiro atoms. The second-order valence-electron chi connectivity index (χ2n) is 13.9. The molecule has 0 aromatic carbocycles. The van der Waals surface area contributed by atoms with Crippen molar-refractivity contribution in [2.45, 2.75) is 111 Å². The van der Waals surface area contributed by atoms with Gasteiger partial charge in [0.25, 0.3) is 0 Å². The average molecular weight is 503 g/mol. The maximum absolute atomic E-state index is 14.2. The predicted octanol–water partition coefficient (Wildman–Crippen LogP) is 7.19. The first-order valence-electron chi connectivity index (χ1n) is 14.3. The van der Waals surface area contributed by atoms with Gasteiger partial charge in [0.1, 0.15) is 0 Å². The molecule has 0 heterocycles. The van der Waals surface area contributed by atoms with Crippen molar-refractivity contribution in [2.24, 2.45) is 46.3 Å². The SMILES string of the molecule is C/C=C1/C(=O)C2C3CC[C@H]([C@H](C)CCC(=O)OC)[C@@]3(C)CCC2[C@@]2(C)CCC(O[Si](C)(C)C)C[C@@H]12. The van der Waals surface area contributed by atoms with E-state index in [1.54, 1.807) is 0 Å². The highest BCUT2D eigenvalue weighted by molar-refractivity contribution is 6.69. The van der Waals surface area contributed by atoms with Crippen molar-refractivity contribution < 1.29 is 18.8 Å². The van der Waals surface area contributed by atoms with E-state index in [-0.39, 0.29) is 22.7 Å². The monoisotopic (exact) mass is 502 g/mol. The molecule has 198 valence electrons. The topological polar surface area (TPSA) is 52.6 Å². The van der Waals surface area contributed by atoms with Gasteiger partial charge < -0.3 is 9.16 Å². The Morgan fingerprint density at radius 3 is 2.37 bits per heavy atom. The minimum Gasteiger partial charge on any atom is -0.469 e. The number of Topliss-reactive ketones (excluding diaryl/α,β-unsaturated/α-hetero) is 1. The number of ketones is 1. The van der Waals surface area contributed by atoms with Crippen LogP contribution in [0.1, 0.15) is 85.5 Å². The number of methoxy groups -OCH3 is 1. The van der Waals surface area contributed by atoms with Gasteiger partial charge in [-0.15, -0.1) is 0 Å². The lowest BCUT2D eigenvalue weighted by Crippen LogP contribution is -2.58. The van der Waals surface area contributed by atoms with E-state index >= 15 is 0 Å². The summed E-state index contributed by atoms with van der Waals surface area (Å²) in [5.41, 5.74) is 1.52. The van der Waals surface area contributed by atoms with E-state index in [0.717, 1.165) is 31.3 Å². The van der Waals surface area contributed by atoms with Crippen LogP contribution < -0.4 is 0 Å². The van der Waals surface area contributed by atoms with E-state index in [1.165, 1.54) is 32.8 Å². The highest BCUT2D eigenvalue weighted by Crippen LogP contribution is 2.68. The zero-order chi connectivity index (χ0) is 25.8. The number of hydrogen-bond acceptors (Lipinski definition) is 4. The van der Waals surface area contributed by atoms with E-state index in [1.807, 2.05) is 0 Å². The molecule has 4 saturated carbocycles. The fourth-order valence-corrected chi connectivity index (χ4v) is 10.6. The summed E-state index contributed by atoms with van der Waals surface area (Å²) in [6.07, 6.45) is 12.0. The standard InChI is InChI=1S/C30H50O4Si/c1-9-21-25-18-20(34-35(6,7)8)14-16-30(25,4)24-15-17-29(3)22(19(2)10-13-26(31)33-5)11-12-23(29)27(24)28(21)32/h9,19-20,22-25,27H,10-18H2,1-8H3/b21-9+/t19-,20?,22-,23?,24?,25+,27?,29-,30-/m1/s1. The van der Waals surface area contributed by atoms with Gasteiger partial charge in [-0.25, -0.2) is 0 Å². The Balaban J connectivity index is 1.58. The van der Waals surface area contributed by atoms with Gasteiger partial charge in [0.15, 0.2) is 14.1 Å². The van der Waals surface area contributed by atoms with Crippen LogP contribution in [0.4, 0.5) is 0 Å². The van der Waals surface area contributed by atoms with Crippen LogP contribution in [-0.4, -0.2) is 33.3 Å². The molecule has 0 saturated heterocycles. The quantitative estimate of drug-likeness (QED) is 0.219. The second kappa shape index (κ2) is 9.74. The van der Waals surface area contributed by atoms with Gasteiger partial charge in [-0.2, -0.15) is 0 Å². The molecule has 9 atom stereocenters. The number of carbonyl (C=O) groups is 2. The van der Waals surface area contributed by atoms with Gasteiger partial charge in [-0.3, -0.25) is 9.59 Å². The Morgan fingerprint density at radius 2 is 1.74 bits per heavy atom. The summed E-state index contributed by atoms with van der Waals surface area (Å²) in [5, 5.41) is 0. The molecule has 0 radical (unpaired) electrons. The van der Waals surface area contributed by atoms with E-state index in [0.29, 0.717) is 47.9 Å². The molecule has 0 aromatic rings. The van der Waals surface area contributed by atoms with Crippen LogP contribution in [0.25, 0.3) is 0 Å². The molecule has 4 nitrogen and oxygen atoms in total. The Labute approximate surface area is 215 Å². The van der Waals surface area contributed by atoms with E-state index in [4.69, 9.17) is 9.16 Å². The molecule has 4 aliphatic carbocycles. The predicted molar refractivity (Wildman–Crippen MR) is 143 cm³/mol. The van der Waals surface area contributed by atoms with Crippen LogP contribution in [-0.2, 0) is 18.8 Å². The van der Waals surface area contributed by atoms with Crippen LogP contribution in [0.15, 0.2) is 11.6 Å². The third-order valence-corrected chi connectivity index (χ3v) is 12.0. The zero-order valence-electron chi connectivity index (χ0n) is 23.6. The molecular weight excluding hydrogens is 452 g/mol. The molecule has 4 unspecified atom stereocenters.